The molecule has 0 spiro atoms. The van der Waals surface area contributed by atoms with E-state index in [2.05, 4.69) is 0 Å². The van der Waals surface area contributed by atoms with Gasteiger partial charge in [0.25, 0.3) is 0 Å². The van der Waals surface area contributed by atoms with E-state index in [4.69, 9.17) is 9.92 Å². The van der Waals surface area contributed by atoms with E-state index >= 15 is 0 Å². The highest BCUT2D eigenvalue weighted by Crippen LogP contribution is 2.16. The molecule has 0 amide bonds. The molecule has 0 aromatic heterocycles. The maximum Gasteiger partial charge on any atom is 0.309 e. The predicted molar refractivity (Wildman–Crippen MR) is 55.6 cm³/mol. The van der Waals surface area contributed by atoms with Gasteiger partial charge in [-0.3, -0.25) is 0 Å². The van der Waals surface area contributed by atoms with Crippen LogP contribution in [0.1, 0.15) is 13.3 Å². The highest BCUT2D eigenvalue weighted by molar-refractivity contribution is 7.87. The zero-order valence-corrected chi connectivity index (χ0v) is 8.75. The number of hydrogen-bond acceptors (Lipinski definition) is 4. The summed E-state index contributed by atoms with van der Waals surface area (Å²) >= 11 is 0. The number of hydrogen-bond donors (Lipinski definition) is 1. The molecule has 0 radical (unpaired) electrons. The first-order valence-corrected chi connectivity index (χ1v) is 5.89. The second-order valence-corrected chi connectivity index (χ2v) is 4.61. The zero-order chi connectivity index (χ0) is 10.6. The Morgan fingerprint density at radius 3 is 2.71 bits per heavy atom. The van der Waals surface area contributed by atoms with Gasteiger partial charge in [-0.1, -0.05) is 13.0 Å². The Hall–Kier alpha value is -1.23. The van der Waals surface area contributed by atoms with Crippen molar-refractivity contribution in [3.8, 4) is 5.75 Å². The first-order chi connectivity index (χ1) is 6.53. The lowest BCUT2D eigenvalue weighted by molar-refractivity contribution is 0.485. The lowest BCUT2D eigenvalue weighted by atomic mass is 10.3. The van der Waals surface area contributed by atoms with Crippen LogP contribution in [0.4, 0.5) is 5.69 Å². The predicted octanol–water partition coefficient (Wildman–Crippen LogP) is 1.39. The lowest BCUT2D eigenvalue weighted by Crippen LogP contribution is -2.13. The molecule has 1 aromatic carbocycles. The zero-order valence-electron chi connectivity index (χ0n) is 7.93. The fraction of sp³-hybridized carbons (Fsp3) is 0.333. The first-order valence-electron chi connectivity index (χ1n) is 4.31. The number of rotatable bonds is 4. The number of anilines is 1. The Labute approximate surface area is 83.8 Å². The molecule has 0 heterocycles. The van der Waals surface area contributed by atoms with Gasteiger partial charge in [0.05, 0.1) is 5.75 Å². The normalized spacial score (nSPS) is 11.2. The van der Waals surface area contributed by atoms with Crippen molar-refractivity contribution in [2.75, 3.05) is 11.5 Å². The molecule has 0 aliphatic carbocycles. The Morgan fingerprint density at radius 1 is 1.43 bits per heavy atom. The summed E-state index contributed by atoms with van der Waals surface area (Å²) < 4.78 is 27.3. The summed E-state index contributed by atoms with van der Waals surface area (Å²) in [6, 6.07) is 6.35. The van der Waals surface area contributed by atoms with Gasteiger partial charge in [-0.2, -0.15) is 8.42 Å². The molecule has 4 nitrogen and oxygen atoms in total. The standard InChI is InChI=1S/C9H13NO3S/c1-2-6-14(11,12)13-9-5-3-4-8(10)7-9/h3-5,7H,2,6,10H2,1H3. The van der Waals surface area contributed by atoms with Gasteiger partial charge in [0.2, 0.25) is 0 Å². The summed E-state index contributed by atoms with van der Waals surface area (Å²) in [5.74, 6) is 0.278. The molecule has 0 bridgehead atoms. The van der Waals surface area contributed by atoms with E-state index in [-0.39, 0.29) is 11.5 Å². The van der Waals surface area contributed by atoms with Crippen LogP contribution in [0.3, 0.4) is 0 Å². The van der Waals surface area contributed by atoms with Crippen LogP contribution in [0.5, 0.6) is 5.75 Å². The molecule has 0 saturated carbocycles. The third kappa shape index (κ3) is 3.26. The summed E-state index contributed by atoms with van der Waals surface area (Å²) in [5, 5.41) is 0. The molecule has 0 atom stereocenters. The quantitative estimate of drug-likeness (QED) is 0.608. The van der Waals surface area contributed by atoms with Gasteiger partial charge >= 0.3 is 10.1 Å². The summed E-state index contributed by atoms with van der Waals surface area (Å²) in [4.78, 5) is 0. The molecule has 14 heavy (non-hydrogen) atoms. The van der Waals surface area contributed by atoms with Crippen LogP contribution in [0, 0.1) is 0 Å². The minimum Gasteiger partial charge on any atom is -0.399 e. The van der Waals surface area contributed by atoms with Gasteiger partial charge in [0.1, 0.15) is 5.75 Å². The van der Waals surface area contributed by atoms with Gasteiger partial charge in [-0.05, 0) is 18.6 Å². The van der Waals surface area contributed by atoms with Crippen molar-refractivity contribution in [1.29, 1.82) is 0 Å². The SMILES string of the molecule is CCCS(=O)(=O)Oc1cccc(N)c1. The maximum atomic E-state index is 11.2. The van der Waals surface area contributed by atoms with Gasteiger partial charge in [0.15, 0.2) is 0 Å². The molecule has 5 heteroatoms. The van der Waals surface area contributed by atoms with Crippen molar-refractivity contribution in [2.45, 2.75) is 13.3 Å². The molecule has 0 fully saturated rings. The number of nitrogen functional groups attached to an aromatic ring is 1. The average molecular weight is 215 g/mol. The minimum absolute atomic E-state index is 0.0157. The molecule has 0 aliphatic rings. The van der Waals surface area contributed by atoms with E-state index in [1.165, 1.54) is 6.07 Å². The van der Waals surface area contributed by atoms with Crippen LogP contribution in [0.2, 0.25) is 0 Å². The van der Waals surface area contributed by atoms with Crippen molar-refractivity contribution in [1.82, 2.24) is 0 Å². The van der Waals surface area contributed by atoms with Crippen molar-refractivity contribution >= 4 is 15.8 Å². The Morgan fingerprint density at radius 2 is 2.14 bits per heavy atom. The van der Waals surface area contributed by atoms with Crippen molar-refractivity contribution in [2.24, 2.45) is 0 Å². The second kappa shape index (κ2) is 4.32. The largest absolute Gasteiger partial charge is 0.399 e. The first kappa shape index (κ1) is 10.8. The van der Waals surface area contributed by atoms with Crippen LogP contribution >= 0.6 is 0 Å². The molecule has 2 N–H and O–H groups in total. The molecule has 1 aromatic rings. The Bertz CT molecular complexity index is 400. The Balaban J connectivity index is 2.79. The molecule has 0 unspecified atom stereocenters. The highest BCUT2D eigenvalue weighted by atomic mass is 32.2. The third-order valence-electron chi connectivity index (χ3n) is 1.54. The van der Waals surface area contributed by atoms with E-state index in [1.807, 2.05) is 0 Å². The molecular formula is C9H13NO3S. The Kier molecular flexibility index (Phi) is 3.35. The highest BCUT2D eigenvalue weighted by Gasteiger charge is 2.10. The van der Waals surface area contributed by atoms with Crippen LogP contribution in [0.15, 0.2) is 24.3 Å². The molecule has 0 aliphatic heterocycles. The van der Waals surface area contributed by atoms with Gasteiger partial charge in [-0.25, -0.2) is 0 Å². The van der Waals surface area contributed by atoms with E-state index in [0.717, 1.165) is 0 Å². The average Bonchev–Trinajstić information content (AvgIpc) is 2.02. The summed E-state index contributed by atoms with van der Waals surface area (Å²) in [5.41, 5.74) is 5.96. The number of benzene rings is 1. The third-order valence-corrected chi connectivity index (χ3v) is 2.89. The van der Waals surface area contributed by atoms with E-state index < -0.39 is 10.1 Å². The molecule has 0 saturated heterocycles. The monoisotopic (exact) mass is 215 g/mol. The molecule has 1 rings (SSSR count). The van der Waals surface area contributed by atoms with E-state index in [9.17, 15) is 8.42 Å². The van der Waals surface area contributed by atoms with Gasteiger partial charge < -0.3 is 9.92 Å². The fourth-order valence-corrected chi connectivity index (χ4v) is 1.98. The summed E-state index contributed by atoms with van der Waals surface area (Å²) in [6.07, 6.45) is 0.532. The van der Waals surface area contributed by atoms with Crippen LogP contribution in [0.25, 0.3) is 0 Å². The van der Waals surface area contributed by atoms with Crippen molar-refractivity contribution in [3.63, 3.8) is 0 Å². The van der Waals surface area contributed by atoms with Gasteiger partial charge in [0, 0.05) is 11.8 Å². The topological polar surface area (TPSA) is 69.4 Å². The van der Waals surface area contributed by atoms with Gasteiger partial charge in [-0.15, -0.1) is 0 Å². The minimum atomic E-state index is -3.46. The molecular weight excluding hydrogens is 202 g/mol. The summed E-state index contributed by atoms with van der Waals surface area (Å²) in [7, 11) is -3.46. The van der Waals surface area contributed by atoms with Crippen molar-refractivity contribution in [3.05, 3.63) is 24.3 Å². The van der Waals surface area contributed by atoms with Crippen LogP contribution in [-0.2, 0) is 10.1 Å². The number of nitrogens with two attached hydrogens (primary N) is 1. The molecule has 78 valence electrons. The maximum absolute atomic E-state index is 11.2. The van der Waals surface area contributed by atoms with Crippen molar-refractivity contribution < 1.29 is 12.6 Å². The van der Waals surface area contributed by atoms with Crippen LogP contribution < -0.4 is 9.92 Å². The van der Waals surface area contributed by atoms with Crippen LogP contribution in [-0.4, -0.2) is 14.2 Å². The summed E-state index contributed by atoms with van der Waals surface area (Å²) in [6.45, 7) is 1.78. The fourth-order valence-electron chi connectivity index (χ4n) is 1.00. The van der Waals surface area contributed by atoms with E-state index in [0.29, 0.717) is 12.1 Å². The lowest BCUT2D eigenvalue weighted by Gasteiger charge is -2.05. The second-order valence-electron chi connectivity index (χ2n) is 2.92. The van der Waals surface area contributed by atoms with E-state index in [1.54, 1.807) is 25.1 Å². The smallest absolute Gasteiger partial charge is 0.309 e.